The van der Waals surface area contributed by atoms with Gasteiger partial charge in [-0.2, -0.15) is 0 Å². The summed E-state index contributed by atoms with van der Waals surface area (Å²) in [6, 6.07) is 22.6. The van der Waals surface area contributed by atoms with Gasteiger partial charge in [0.1, 0.15) is 12.1 Å². The summed E-state index contributed by atoms with van der Waals surface area (Å²) >= 11 is 0. The van der Waals surface area contributed by atoms with Crippen LogP contribution in [0.15, 0.2) is 85.1 Å². The Hall–Kier alpha value is -4.33. The van der Waals surface area contributed by atoms with E-state index in [2.05, 4.69) is 15.6 Å². The van der Waals surface area contributed by atoms with Gasteiger partial charge in [-0.25, -0.2) is 0 Å². The number of aryl methyl sites for hydroxylation is 1. The van der Waals surface area contributed by atoms with Crippen molar-refractivity contribution in [1.82, 2.24) is 20.5 Å². The number of ketones is 1. The molecule has 1 aliphatic heterocycles. The van der Waals surface area contributed by atoms with Gasteiger partial charge in [-0.1, -0.05) is 66.7 Å². The number of pyridine rings is 1. The second kappa shape index (κ2) is 13.3. The first-order chi connectivity index (χ1) is 18.5. The number of carbonyl (C=O) groups excluding carboxylic acids is 4. The van der Waals surface area contributed by atoms with Crippen LogP contribution < -0.4 is 10.6 Å². The van der Waals surface area contributed by atoms with Crippen molar-refractivity contribution in [3.63, 3.8) is 0 Å². The zero-order valence-corrected chi connectivity index (χ0v) is 21.2. The lowest BCUT2D eigenvalue weighted by molar-refractivity contribution is -0.141. The topological polar surface area (TPSA) is 108 Å². The number of likely N-dealkylation sites (tertiary alicyclic amines) is 1. The Balaban J connectivity index is 1.40. The van der Waals surface area contributed by atoms with Crippen molar-refractivity contribution >= 4 is 23.5 Å². The number of aromatic nitrogens is 1. The first-order valence-corrected chi connectivity index (χ1v) is 12.9. The van der Waals surface area contributed by atoms with Crippen LogP contribution in [0.5, 0.6) is 0 Å². The van der Waals surface area contributed by atoms with Crippen molar-refractivity contribution in [2.75, 3.05) is 6.54 Å². The highest BCUT2D eigenvalue weighted by molar-refractivity contribution is 6.38. The van der Waals surface area contributed by atoms with Gasteiger partial charge in [0.25, 0.3) is 5.91 Å². The number of amides is 3. The third-order valence-corrected chi connectivity index (χ3v) is 6.59. The van der Waals surface area contributed by atoms with Crippen LogP contribution in [-0.4, -0.2) is 52.0 Å². The molecule has 38 heavy (non-hydrogen) atoms. The summed E-state index contributed by atoms with van der Waals surface area (Å²) in [5.74, 6) is -1.98. The molecule has 2 N–H and O–H groups in total. The Morgan fingerprint density at radius 2 is 1.61 bits per heavy atom. The normalized spacial score (nSPS) is 15.6. The molecule has 0 radical (unpaired) electrons. The number of rotatable bonds is 12. The fourth-order valence-corrected chi connectivity index (χ4v) is 4.57. The van der Waals surface area contributed by atoms with Crippen molar-refractivity contribution < 1.29 is 19.2 Å². The van der Waals surface area contributed by atoms with E-state index in [4.69, 9.17) is 0 Å². The zero-order valence-electron chi connectivity index (χ0n) is 21.2. The van der Waals surface area contributed by atoms with Crippen LogP contribution in [-0.2, 0) is 38.6 Å². The highest BCUT2D eigenvalue weighted by Gasteiger charge is 2.38. The molecular weight excluding hydrogens is 480 g/mol. The first-order valence-electron chi connectivity index (χ1n) is 12.9. The first kappa shape index (κ1) is 26.7. The lowest BCUT2D eigenvalue weighted by Crippen LogP contribution is -2.53. The fraction of sp³-hybridized carbons (Fsp3) is 0.300. The van der Waals surface area contributed by atoms with E-state index in [0.717, 1.165) is 16.8 Å². The average molecular weight is 513 g/mol. The molecule has 1 saturated heterocycles. The van der Waals surface area contributed by atoms with Crippen molar-refractivity contribution in [2.24, 2.45) is 0 Å². The summed E-state index contributed by atoms with van der Waals surface area (Å²) in [6.45, 7) is 0.626. The van der Waals surface area contributed by atoms with E-state index < -0.39 is 29.7 Å². The van der Waals surface area contributed by atoms with Gasteiger partial charge in [-0.3, -0.25) is 24.2 Å². The molecule has 0 bridgehead atoms. The summed E-state index contributed by atoms with van der Waals surface area (Å²) in [5, 5.41) is 5.47. The Bertz CT molecular complexity index is 1230. The molecule has 3 aromatic rings. The number of nitrogens with one attached hydrogen (secondary N) is 2. The molecule has 1 fully saturated rings. The minimum absolute atomic E-state index is 0.106. The van der Waals surface area contributed by atoms with Crippen LogP contribution in [0.2, 0.25) is 0 Å². The summed E-state index contributed by atoms with van der Waals surface area (Å²) in [6.07, 6.45) is 3.82. The van der Waals surface area contributed by atoms with E-state index in [-0.39, 0.29) is 18.7 Å². The Morgan fingerprint density at radius 1 is 0.921 bits per heavy atom. The van der Waals surface area contributed by atoms with Gasteiger partial charge < -0.3 is 15.5 Å². The zero-order chi connectivity index (χ0) is 26.7. The summed E-state index contributed by atoms with van der Waals surface area (Å²) in [4.78, 5) is 57.7. The van der Waals surface area contributed by atoms with E-state index in [0.29, 0.717) is 32.4 Å². The molecule has 2 aromatic carbocycles. The summed E-state index contributed by atoms with van der Waals surface area (Å²) in [7, 11) is 0. The van der Waals surface area contributed by atoms with Crippen LogP contribution in [0.25, 0.3) is 0 Å². The molecule has 1 aliphatic rings. The van der Waals surface area contributed by atoms with Gasteiger partial charge in [0.05, 0.1) is 0 Å². The quantitative estimate of drug-likeness (QED) is 0.287. The van der Waals surface area contributed by atoms with Gasteiger partial charge in [-0.05, 0) is 42.5 Å². The van der Waals surface area contributed by atoms with Gasteiger partial charge >= 0.3 is 0 Å². The number of hydrogen-bond donors (Lipinski definition) is 2. The molecular formula is C30H32N4O4. The number of Topliss-reactive ketones (excluding diaryl/α,β-unsaturated/α-hetero) is 1. The number of carbonyl (C=O) groups is 4. The second-order valence-corrected chi connectivity index (χ2v) is 9.36. The monoisotopic (exact) mass is 512 g/mol. The SMILES string of the molecule is O=C(NCCCc1ccccn1)C(=O)C(Cc1ccccc1)NC(=O)[C@H]1CCC(=O)N1Cc1ccccc1. The molecule has 0 aliphatic carbocycles. The molecule has 1 unspecified atom stereocenters. The minimum atomic E-state index is -1.05. The predicted octanol–water partition coefficient (Wildman–Crippen LogP) is 2.62. The predicted molar refractivity (Wildman–Crippen MR) is 143 cm³/mol. The molecule has 196 valence electrons. The largest absolute Gasteiger partial charge is 0.349 e. The highest BCUT2D eigenvalue weighted by Crippen LogP contribution is 2.22. The Morgan fingerprint density at radius 3 is 2.29 bits per heavy atom. The smallest absolute Gasteiger partial charge is 0.289 e. The number of benzene rings is 2. The van der Waals surface area contributed by atoms with Crippen LogP contribution in [0.1, 0.15) is 36.1 Å². The van der Waals surface area contributed by atoms with Crippen LogP contribution in [0.3, 0.4) is 0 Å². The number of nitrogens with zero attached hydrogens (tertiary/aromatic N) is 2. The van der Waals surface area contributed by atoms with E-state index in [9.17, 15) is 19.2 Å². The lowest BCUT2D eigenvalue weighted by Gasteiger charge is -2.26. The number of hydrogen-bond acceptors (Lipinski definition) is 5. The van der Waals surface area contributed by atoms with Crippen LogP contribution >= 0.6 is 0 Å². The van der Waals surface area contributed by atoms with Gasteiger partial charge in [-0.15, -0.1) is 0 Å². The van der Waals surface area contributed by atoms with E-state index in [1.54, 1.807) is 11.1 Å². The molecule has 0 saturated carbocycles. The molecule has 2 atom stereocenters. The maximum Gasteiger partial charge on any atom is 0.289 e. The maximum atomic E-state index is 13.3. The Labute approximate surface area is 222 Å². The molecule has 2 heterocycles. The van der Waals surface area contributed by atoms with Crippen molar-refractivity contribution in [1.29, 1.82) is 0 Å². The summed E-state index contributed by atoms with van der Waals surface area (Å²) in [5.41, 5.74) is 2.65. The van der Waals surface area contributed by atoms with Gasteiger partial charge in [0, 0.05) is 37.8 Å². The molecule has 4 rings (SSSR count). The molecule has 8 heteroatoms. The average Bonchev–Trinajstić information content (AvgIpc) is 3.31. The third-order valence-electron chi connectivity index (χ3n) is 6.59. The molecule has 8 nitrogen and oxygen atoms in total. The van der Waals surface area contributed by atoms with Gasteiger partial charge in [0.2, 0.25) is 17.6 Å². The molecule has 0 spiro atoms. The molecule has 3 amide bonds. The maximum absolute atomic E-state index is 13.3. The third kappa shape index (κ3) is 7.35. The standard InChI is InChI=1S/C30H32N4O4/c35-27-17-16-26(34(27)21-23-12-5-2-6-13-23)29(37)33-25(20-22-10-3-1-4-11-22)28(36)30(38)32-19-9-15-24-14-7-8-18-31-24/h1-8,10-14,18,25-26H,9,15-17,19-21H2,(H,32,38)(H,33,37)/t25?,26-/m1/s1. The highest BCUT2D eigenvalue weighted by atomic mass is 16.2. The van der Waals surface area contributed by atoms with Crippen molar-refractivity contribution in [3.8, 4) is 0 Å². The fourth-order valence-electron chi connectivity index (χ4n) is 4.57. The van der Waals surface area contributed by atoms with Crippen LogP contribution in [0, 0.1) is 0 Å². The second-order valence-electron chi connectivity index (χ2n) is 9.36. The van der Waals surface area contributed by atoms with E-state index in [1.807, 2.05) is 78.9 Å². The summed E-state index contributed by atoms with van der Waals surface area (Å²) < 4.78 is 0. The van der Waals surface area contributed by atoms with Crippen molar-refractivity contribution in [2.45, 2.75) is 50.7 Å². The van der Waals surface area contributed by atoms with Crippen molar-refractivity contribution in [3.05, 3.63) is 102 Å². The van der Waals surface area contributed by atoms with E-state index in [1.165, 1.54) is 0 Å². The van der Waals surface area contributed by atoms with Gasteiger partial charge in [0.15, 0.2) is 0 Å². The lowest BCUT2D eigenvalue weighted by atomic mass is 10.0. The minimum Gasteiger partial charge on any atom is -0.349 e. The Kier molecular flexibility index (Phi) is 9.34. The van der Waals surface area contributed by atoms with Crippen LogP contribution in [0.4, 0.5) is 0 Å². The molecule has 1 aromatic heterocycles. The van der Waals surface area contributed by atoms with E-state index >= 15 is 0 Å².